The van der Waals surface area contributed by atoms with E-state index in [2.05, 4.69) is 24.0 Å². The Labute approximate surface area is 180 Å². The number of halogens is 1. The number of cyclic esters (lactones) is 1. The molecule has 1 aromatic carbocycles. The van der Waals surface area contributed by atoms with Crippen molar-refractivity contribution in [1.82, 2.24) is 5.32 Å². The van der Waals surface area contributed by atoms with Crippen LogP contribution in [0.25, 0.3) is 0 Å². The fourth-order valence-electron chi connectivity index (χ4n) is 3.77. The molecule has 9 heteroatoms. The third kappa shape index (κ3) is 4.87. The quantitative estimate of drug-likeness (QED) is 0.533. The van der Waals surface area contributed by atoms with Crippen LogP contribution >= 0.6 is 12.6 Å². The van der Waals surface area contributed by atoms with Gasteiger partial charge in [-0.05, 0) is 37.5 Å². The van der Waals surface area contributed by atoms with E-state index < -0.39 is 18.0 Å². The van der Waals surface area contributed by atoms with Crippen molar-refractivity contribution < 1.29 is 18.7 Å². The van der Waals surface area contributed by atoms with Crippen molar-refractivity contribution in [3.05, 3.63) is 35.2 Å². The van der Waals surface area contributed by atoms with E-state index in [1.54, 1.807) is 12.1 Å². The Morgan fingerprint density at radius 3 is 2.73 bits per heavy atom. The van der Waals surface area contributed by atoms with Crippen molar-refractivity contribution in [2.75, 3.05) is 41.7 Å². The lowest BCUT2D eigenvalue weighted by atomic mass is 9.96. The van der Waals surface area contributed by atoms with E-state index in [9.17, 15) is 19.2 Å². The maximum atomic E-state index is 14.8. The Kier molecular flexibility index (Phi) is 7.21. The Morgan fingerprint density at radius 2 is 2.13 bits per heavy atom. The lowest BCUT2D eigenvalue weighted by molar-refractivity contribution is -0.118. The lowest BCUT2D eigenvalue weighted by Gasteiger charge is -2.31. The van der Waals surface area contributed by atoms with Gasteiger partial charge in [0.1, 0.15) is 11.9 Å². The van der Waals surface area contributed by atoms with Gasteiger partial charge >= 0.3 is 6.09 Å². The van der Waals surface area contributed by atoms with E-state index in [0.29, 0.717) is 24.5 Å². The molecule has 0 spiro atoms. The molecular formula is C21H25FN4O3S. The van der Waals surface area contributed by atoms with Gasteiger partial charge in [0.05, 0.1) is 36.3 Å². The Bertz CT molecular complexity index is 889. The minimum atomic E-state index is -0.566. The first-order valence-corrected chi connectivity index (χ1v) is 10.6. The van der Waals surface area contributed by atoms with Gasteiger partial charge in [-0.15, -0.1) is 0 Å². The Balaban J connectivity index is 1.65. The van der Waals surface area contributed by atoms with E-state index >= 15 is 0 Å². The Hall–Kier alpha value is -2.73. The minimum absolute atomic E-state index is 0.0567. The molecule has 7 nitrogen and oxygen atoms in total. The highest BCUT2D eigenvalue weighted by Crippen LogP contribution is 2.31. The highest BCUT2D eigenvalue weighted by molar-refractivity contribution is 7.81. The van der Waals surface area contributed by atoms with Gasteiger partial charge in [0.25, 0.3) is 0 Å². The molecule has 0 aromatic heterocycles. The fourth-order valence-corrected chi connectivity index (χ4v) is 3.88. The molecule has 0 bridgehead atoms. The lowest BCUT2D eigenvalue weighted by Crippen LogP contribution is -2.35. The van der Waals surface area contributed by atoms with E-state index in [0.717, 1.165) is 30.4 Å². The highest BCUT2D eigenvalue weighted by Gasteiger charge is 2.33. The average Bonchev–Trinajstić information content (AvgIpc) is 3.14. The zero-order valence-electron chi connectivity index (χ0n) is 16.9. The molecule has 2 saturated heterocycles. The molecule has 2 aliphatic heterocycles. The van der Waals surface area contributed by atoms with Gasteiger partial charge in [0.15, 0.2) is 0 Å². The number of piperidine rings is 1. The minimum Gasteiger partial charge on any atom is -0.442 e. The van der Waals surface area contributed by atoms with Crippen LogP contribution < -0.4 is 15.1 Å². The van der Waals surface area contributed by atoms with Crippen LogP contribution in [0.5, 0.6) is 0 Å². The number of rotatable bonds is 6. The third-order valence-electron chi connectivity index (χ3n) is 5.41. The summed E-state index contributed by atoms with van der Waals surface area (Å²) in [5.74, 6) is -0.597. The second-order valence-corrected chi connectivity index (χ2v) is 7.57. The largest absolute Gasteiger partial charge is 0.442 e. The van der Waals surface area contributed by atoms with Crippen molar-refractivity contribution >= 4 is 36.0 Å². The summed E-state index contributed by atoms with van der Waals surface area (Å²) >= 11 is 3.88. The first kappa shape index (κ1) is 22.0. The number of carbonyl (C=O) groups excluding carboxylic acids is 2. The van der Waals surface area contributed by atoms with Gasteiger partial charge in [-0.1, -0.05) is 12.5 Å². The van der Waals surface area contributed by atoms with Gasteiger partial charge in [-0.25, -0.2) is 9.18 Å². The molecule has 1 N–H and O–H groups in total. The van der Waals surface area contributed by atoms with Gasteiger partial charge < -0.3 is 15.0 Å². The van der Waals surface area contributed by atoms with Crippen molar-refractivity contribution in [1.29, 1.82) is 5.26 Å². The van der Waals surface area contributed by atoms with Crippen molar-refractivity contribution in [3.8, 4) is 6.07 Å². The second kappa shape index (κ2) is 9.85. The van der Waals surface area contributed by atoms with E-state index in [-0.39, 0.29) is 24.7 Å². The summed E-state index contributed by atoms with van der Waals surface area (Å²) in [6.45, 7) is 3.69. The predicted molar refractivity (Wildman–Crippen MR) is 115 cm³/mol. The molecule has 1 aromatic rings. The van der Waals surface area contributed by atoms with Crippen LogP contribution in [0.4, 0.5) is 20.6 Å². The maximum absolute atomic E-state index is 14.8. The summed E-state index contributed by atoms with van der Waals surface area (Å²) in [7, 11) is 0. The molecule has 0 radical (unpaired) electrons. The number of ether oxygens (including phenoxy) is 1. The number of thiol groups is 1. The SMILES string of the molecule is CCC(C#N)=C1CCN(c2ccc(N3CC(CNC(=O)CS)OC3=O)cc2F)CC1. The summed E-state index contributed by atoms with van der Waals surface area (Å²) in [4.78, 5) is 26.8. The van der Waals surface area contributed by atoms with Crippen LogP contribution in [0.3, 0.4) is 0 Å². The van der Waals surface area contributed by atoms with Crippen LogP contribution in [-0.2, 0) is 9.53 Å². The van der Waals surface area contributed by atoms with Crippen LogP contribution in [-0.4, -0.2) is 50.0 Å². The molecule has 2 aliphatic rings. The second-order valence-electron chi connectivity index (χ2n) is 7.25. The number of benzene rings is 1. The third-order valence-corrected chi connectivity index (χ3v) is 5.70. The number of anilines is 2. The van der Waals surface area contributed by atoms with Gasteiger partial charge in [-0.2, -0.15) is 17.9 Å². The topological polar surface area (TPSA) is 85.7 Å². The molecule has 1 unspecified atom stereocenters. The normalized spacial score (nSPS) is 18.8. The number of allylic oxidation sites excluding steroid dienone is 1. The number of carbonyl (C=O) groups is 2. The molecule has 2 fully saturated rings. The monoisotopic (exact) mass is 432 g/mol. The number of nitriles is 1. The molecule has 2 amide bonds. The van der Waals surface area contributed by atoms with Crippen molar-refractivity contribution in [2.24, 2.45) is 0 Å². The fraction of sp³-hybridized carbons (Fsp3) is 0.476. The first-order chi connectivity index (χ1) is 14.5. The molecule has 0 aliphatic carbocycles. The zero-order chi connectivity index (χ0) is 21.7. The average molecular weight is 433 g/mol. The molecular weight excluding hydrogens is 407 g/mol. The summed E-state index contributed by atoms with van der Waals surface area (Å²) in [5, 5.41) is 11.8. The highest BCUT2D eigenvalue weighted by atomic mass is 32.1. The van der Waals surface area contributed by atoms with Gasteiger partial charge in [-0.3, -0.25) is 9.69 Å². The van der Waals surface area contributed by atoms with Crippen molar-refractivity contribution in [3.63, 3.8) is 0 Å². The van der Waals surface area contributed by atoms with Crippen LogP contribution in [0, 0.1) is 17.1 Å². The maximum Gasteiger partial charge on any atom is 0.414 e. The number of nitrogens with one attached hydrogen (secondary N) is 1. The standard InChI is InChI=1S/C21H25FN4O3S/c1-2-14(10-23)15-5-7-25(8-6-15)19-4-3-16(9-18(19)22)26-12-17(29-21(26)28)11-24-20(27)13-30/h3-4,9,17,30H,2,5-8,11-13H2,1H3,(H,24,27). The number of nitrogens with zero attached hydrogens (tertiary/aromatic N) is 3. The molecule has 0 saturated carbocycles. The number of hydrogen-bond acceptors (Lipinski definition) is 6. The van der Waals surface area contributed by atoms with Gasteiger partial charge in [0, 0.05) is 18.7 Å². The summed E-state index contributed by atoms with van der Waals surface area (Å²) < 4.78 is 20.1. The molecule has 3 rings (SSSR count). The van der Waals surface area contributed by atoms with E-state index in [1.165, 1.54) is 11.0 Å². The smallest absolute Gasteiger partial charge is 0.414 e. The first-order valence-electron chi connectivity index (χ1n) is 9.98. The van der Waals surface area contributed by atoms with E-state index in [1.807, 2.05) is 11.8 Å². The van der Waals surface area contributed by atoms with Crippen LogP contribution in [0.1, 0.15) is 26.2 Å². The zero-order valence-corrected chi connectivity index (χ0v) is 17.8. The molecule has 30 heavy (non-hydrogen) atoms. The predicted octanol–water partition coefficient (Wildman–Crippen LogP) is 3.03. The number of hydrogen-bond donors (Lipinski definition) is 2. The summed E-state index contributed by atoms with van der Waals surface area (Å²) in [6.07, 6.45) is 1.15. The summed E-state index contributed by atoms with van der Waals surface area (Å²) in [6, 6.07) is 6.97. The van der Waals surface area contributed by atoms with Crippen LogP contribution in [0.2, 0.25) is 0 Å². The molecule has 160 valence electrons. The number of amides is 2. The molecule has 1 atom stereocenters. The molecule has 2 heterocycles. The van der Waals surface area contributed by atoms with E-state index in [4.69, 9.17) is 4.74 Å². The van der Waals surface area contributed by atoms with Crippen LogP contribution in [0.15, 0.2) is 29.3 Å². The van der Waals surface area contributed by atoms with Crippen molar-refractivity contribution in [2.45, 2.75) is 32.3 Å². The van der Waals surface area contributed by atoms with Gasteiger partial charge in [0.2, 0.25) is 5.91 Å². The Morgan fingerprint density at radius 1 is 1.40 bits per heavy atom. The summed E-state index contributed by atoms with van der Waals surface area (Å²) in [5.41, 5.74) is 2.89.